The largest absolute Gasteiger partial charge is 0.476 e. The Morgan fingerprint density at radius 2 is 2.11 bits per heavy atom. The van der Waals surface area contributed by atoms with Gasteiger partial charge in [-0.3, -0.25) is 0 Å². The fraction of sp³-hybridized carbons (Fsp3) is 0.286. The average Bonchev–Trinajstić information content (AvgIpc) is 2.93. The van der Waals surface area contributed by atoms with Gasteiger partial charge in [-0.25, -0.2) is 9.78 Å². The summed E-state index contributed by atoms with van der Waals surface area (Å²) in [7, 11) is 0. The van der Waals surface area contributed by atoms with Crippen molar-refractivity contribution in [1.82, 2.24) is 9.97 Å². The Balaban J connectivity index is 2.05. The van der Waals surface area contributed by atoms with E-state index < -0.39 is 5.97 Å². The van der Waals surface area contributed by atoms with Crippen LogP contribution in [0.25, 0.3) is 11.4 Å². The smallest absolute Gasteiger partial charge is 0.356 e. The Morgan fingerprint density at radius 3 is 2.83 bits per heavy atom. The van der Waals surface area contributed by atoms with Gasteiger partial charge in [-0.05, 0) is 43.4 Å². The highest BCUT2D eigenvalue weighted by Gasteiger charge is 2.16. The molecule has 0 bridgehead atoms. The van der Waals surface area contributed by atoms with E-state index in [9.17, 15) is 4.79 Å². The summed E-state index contributed by atoms with van der Waals surface area (Å²) in [5.74, 6) is -0.351. The number of carboxylic acids is 1. The summed E-state index contributed by atoms with van der Waals surface area (Å²) in [6, 6.07) is 6.25. The normalized spacial score (nSPS) is 13.6. The molecule has 1 heterocycles. The SMILES string of the molecule is Cc1[nH]c(-c2ccc3c(c2)CCC3)nc1C(=O)O. The summed E-state index contributed by atoms with van der Waals surface area (Å²) < 4.78 is 0. The number of carbonyl (C=O) groups is 1. The monoisotopic (exact) mass is 242 g/mol. The zero-order valence-corrected chi connectivity index (χ0v) is 10.2. The van der Waals surface area contributed by atoms with Crippen LogP contribution >= 0.6 is 0 Å². The van der Waals surface area contributed by atoms with Crippen molar-refractivity contribution in [3.8, 4) is 11.4 Å². The molecular formula is C14H14N2O2. The van der Waals surface area contributed by atoms with Gasteiger partial charge in [0.1, 0.15) is 5.82 Å². The van der Waals surface area contributed by atoms with E-state index in [1.807, 2.05) is 6.07 Å². The molecule has 0 radical (unpaired) electrons. The van der Waals surface area contributed by atoms with E-state index in [0.717, 1.165) is 18.4 Å². The lowest BCUT2D eigenvalue weighted by molar-refractivity contribution is 0.0690. The van der Waals surface area contributed by atoms with Crippen molar-refractivity contribution in [1.29, 1.82) is 0 Å². The van der Waals surface area contributed by atoms with Crippen molar-refractivity contribution >= 4 is 5.97 Å². The molecule has 1 aliphatic carbocycles. The summed E-state index contributed by atoms with van der Waals surface area (Å²) in [5.41, 5.74) is 4.42. The lowest BCUT2D eigenvalue weighted by Gasteiger charge is -2.01. The van der Waals surface area contributed by atoms with E-state index in [1.54, 1.807) is 6.92 Å². The average molecular weight is 242 g/mol. The number of nitrogens with zero attached hydrogens (tertiary/aromatic N) is 1. The predicted octanol–water partition coefficient (Wildman–Crippen LogP) is 2.57. The Kier molecular flexibility index (Phi) is 2.44. The number of H-pyrrole nitrogens is 1. The quantitative estimate of drug-likeness (QED) is 0.850. The van der Waals surface area contributed by atoms with Crippen LogP contribution < -0.4 is 0 Å². The number of benzene rings is 1. The zero-order chi connectivity index (χ0) is 12.7. The first kappa shape index (κ1) is 11.0. The van der Waals surface area contributed by atoms with Crippen LogP contribution in [0, 0.1) is 6.92 Å². The van der Waals surface area contributed by atoms with Crippen LogP contribution in [0.4, 0.5) is 0 Å². The summed E-state index contributed by atoms with van der Waals surface area (Å²) >= 11 is 0. The van der Waals surface area contributed by atoms with Gasteiger partial charge in [-0.1, -0.05) is 12.1 Å². The van der Waals surface area contributed by atoms with Gasteiger partial charge in [-0.15, -0.1) is 0 Å². The van der Waals surface area contributed by atoms with Crippen LogP contribution in [0.5, 0.6) is 0 Å². The molecule has 18 heavy (non-hydrogen) atoms. The van der Waals surface area contributed by atoms with Crippen LogP contribution in [0.1, 0.15) is 33.7 Å². The van der Waals surface area contributed by atoms with Crippen LogP contribution in [0.15, 0.2) is 18.2 Å². The Bertz CT molecular complexity index is 629. The molecule has 1 aromatic heterocycles. The van der Waals surface area contributed by atoms with Crippen molar-refractivity contribution in [3.05, 3.63) is 40.7 Å². The number of aryl methyl sites for hydroxylation is 3. The maximum Gasteiger partial charge on any atom is 0.356 e. The fourth-order valence-electron chi connectivity index (χ4n) is 2.52. The lowest BCUT2D eigenvalue weighted by Crippen LogP contribution is -1.98. The minimum absolute atomic E-state index is 0.102. The van der Waals surface area contributed by atoms with E-state index in [-0.39, 0.29) is 5.69 Å². The van der Waals surface area contributed by atoms with Crippen molar-refractivity contribution < 1.29 is 9.90 Å². The second-order valence-corrected chi connectivity index (χ2v) is 4.70. The standard InChI is InChI=1S/C14H14N2O2/c1-8-12(14(17)18)16-13(15-8)11-6-5-9-3-2-4-10(9)7-11/h5-7H,2-4H2,1H3,(H,15,16)(H,17,18). The molecule has 4 nitrogen and oxygen atoms in total. The molecule has 3 rings (SSSR count). The third-order valence-electron chi connectivity index (χ3n) is 3.46. The van der Waals surface area contributed by atoms with E-state index in [4.69, 9.17) is 5.11 Å². The highest BCUT2D eigenvalue weighted by Crippen LogP contribution is 2.27. The van der Waals surface area contributed by atoms with Crippen molar-refractivity contribution in [2.75, 3.05) is 0 Å². The summed E-state index contributed by atoms with van der Waals surface area (Å²) in [6.07, 6.45) is 3.46. The molecule has 1 aromatic carbocycles. The van der Waals surface area contributed by atoms with E-state index in [0.29, 0.717) is 11.5 Å². The number of fused-ring (bicyclic) bond motifs is 1. The van der Waals surface area contributed by atoms with Gasteiger partial charge < -0.3 is 10.1 Å². The van der Waals surface area contributed by atoms with Gasteiger partial charge in [0.15, 0.2) is 5.69 Å². The molecule has 0 aliphatic heterocycles. The van der Waals surface area contributed by atoms with Gasteiger partial charge in [0.05, 0.1) is 0 Å². The van der Waals surface area contributed by atoms with Gasteiger partial charge in [0.2, 0.25) is 0 Å². The molecule has 92 valence electrons. The highest BCUT2D eigenvalue weighted by molar-refractivity contribution is 5.87. The summed E-state index contributed by atoms with van der Waals surface area (Å²) in [4.78, 5) is 18.2. The Labute approximate surface area is 105 Å². The number of carboxylic acid groups (broad SMARTS) is 1. The molecule has 2 N–H and O–H groups in total. The Hall–Kier alpha value is -2.10. The van der Waals surface area contributed by atoms with Crippen molar-refractivity contribution in [3.63, 3.8) is 0 Å². The number of aromatic amines is 1. The second-order valence-electron chi connectivity index (χ2n) is 4.70. The molecule has 0 spiro atoms. The fourth-order valence-corrected chi connectivity index (χ4v) is 2.52. The predicted molar refractivity (Wildman–Crippen MR) is 67.7 cm³/mol. The Morgan fingerprint density at radius 1 is 1.33 bits per heavy atom. The molecular weight excluding hydrogens is 228 g/mol. The molecule has 0 amide bonds. The van der Waals surface area contributed by atoms with E-state index >= 15 is 0 Å². The van der Waals surface area contributed by atoms with Crippen molar-refractivity contribution in [2.24, 2.45) is 0 Å². The number of aromatic carboxylic acids is 1. The second kappa shape index (κ2) is 3.98. The summed E-state index contributed by atoms with van der Waals surface area (Å²) in [5, 5.41) is 9.00. The molecule has 2 aromatic rings. The van der Waals surface area contributed by atoms with Crippen LogP contribution in [-0.4, -0.2) is 21.0 Å². The van der Waals surface area contributed by atoms with Crippen molar-refractivity contribution in [2.45, 2.75) is 26.2 Å². The number of hydrogen-bond donors (Lipinski definition) is 2. The third kappa shape index (κ3) is 1.70. The highest BCUT2D eigenvalue weighted by atomic mass is 16.4. The number of rotatable bonds is 2. The maximum atomic E-state index is 11.0. The zero-order valence-electron chi connectivity index (χ0n) is 10.2. The lowest BCUT2D eigenvalue weighted by atomic mass is 10.1. The first-order valence-corrected chi connectivity index (χ1v) is 6.07. The molecule has 1 aliphatic rings. The molecule has 0 saturated heterocycles. The first-order valence-electron chi connectivity index (χ1n) is 6.07. The topological polar surface area (TPSA) is 66.0 Å². The number of aromatic nitrogens is 2. The van der Waals surface area contributed by atoms with Crippen LogP contribution in [-0.2, 0) is 12.8 Å². The molecule has 0 saturated carbocycles. The minimum Gasteiger partial charge on any atom is -0.476 e. The van der Waals surface area contributed by atoms with E-state index in [1.165, 1.54) is 17.5 Å². The van der Waals surface area contributed by atoms with E-state index in [2.05, 4.69) is 22.1 Å². The number of imidazole rings is 1. The maximum absolute atomic E-state index is 11.0. The molecule has 0 fully saturated rings. The molecule has 0 unspecified atom stereocenters. The van der Waals surface area contributed by atoms with Crippen LogP contribution in [0.3, 0.4) is 0 Å². The number of hydrogen-bond acceptors (Lipinski definition) is 2. The van der Waals surface area contributed by atoms with Gasteiger partial charge in [0, 0.05) is 11.3 Å². The van der Waals surface area contributed by atoms with Crippen LogP contribution in [0.2, 0.25) is 0 Å². The first-order chi connectivity index (χ1) is 8.65. The third-order valence-corrected chi connectivity index (χ3v) is 3.46. The van der Waals surface area contributed by atoms with Gasteiger partial charge >= 0.3 is 5.97 Å². The summed E-state index contributed by atoms with van der Waals surface area (Å²) in [6.45, 7) is 1.73. The van der Waals surface area contributed by atoms with Gasteiger partial charge in [0.25, 0.3) is 0 Å². The number of nitrogens with one attached hydrogen (secondary N) is 1. The molecule has 0 atom stereocenters. The molecule has 4 heteroatoms. The minimum atomic E-state index is -0.990. The van der Waals surface area contributed by atoms with Gasteiger partial charge in [-0.2, -0.15) is 0 Å².